The van der Waals surface area contributed by atoms with Crippen molar-refractivity contribution in [3.8, 4) is 0 Å². The van der Waals surface area contributed by atoms with E-state index >= 15 is 0 Å². The van der Waals surface area contributed by atoms with Gasteiger partial charge in [0.15, 0.2) is 5.96 Å². The lowest BCUT2D eigenvalue weighted by atomic mass is 10.1. The molecule has 0 atom stereocenters. The van der Waals surface area contributed by atoms with Crippen LogP contribution in [-0.2, 0) is 0 Å². The number of primary amides is 1. The number of hydrogen-bond donors (Lipinski definition) is 7. The highest BCUT2D eigenvalue weighted by molar-refractivity contribution is 6.07. The van der Waals surface area contributed by atoms with E-state index in [9.17, 15) is 9.59 Å². The van der Waals surface area contributed by atoms with Gasteiger partial charge in [-0.2, -0.15) is 0 Å². The molecule has 0 spiro atoms. The number of amidine groups is 1. The number of carbonyl (C=O) groups is 2. The molecule has 9 heteroatoms. The molecule has 2 aromatic rings. The van der Waals surface area contributed by atoms with E-state index in [2.05, 4.69) is 5.32 Å². The first-order chi connectivity index (χ1) is 11.7. The first-order valence-electron chi connectivity index (χ1n) is 6.90. The van der Waals surface area contributed by atoms with E-state index in [1.807, 2.05) is 0 Å². The van der Waals surface area contributed by atoms with E-state index in [1.54, 1.807) is 42.5 Å². The minimum Gasteiger partial charge on any atom is -0.478 e. The van der Waals surface area contributed by atoms with Crippen LogP contribution in [0.3, 0.4) is 0 Å². The number of nitrogens with two attached hydrogens (primary N) is 3. The maximum Gasteiger partial charge on any atom is 0.337 e. The number of rotatable bonds is 4. The van der Waals surface area contributed by atoms with Gasteiger partial charge < -0.3 is 27.6 Å². The third-order valence-corrected chi connectivity index (χ3v) is 2.91. The third kappa shape index (κ3) is 5.67. The summed E-state index contributed by atoms with van der Waals surface area (Å²) >= 11 is 0. The Balaban J connectivity index is 0.000000251. The summed E-state index contributed by atoms with van der Waals surface area (Å²) in [4.78, 5) is 21.4. The Kier molecular flexibility index (Phi) is 6.65. The van der Waals surface area contributed by atoms with Crippen molar-refractivity contribution in [2.75, 3.05) is 5.32 Å². The first-order valence-corrected chi connectivity index (χ1v) is 6.90. The summed E-state index contributed by atoms with van der Waals surface area (Å²) in [5.74, 6) is -2.05. The second kappa shape index (κ2) is 8.67. The van der Waals surface area contributed by atoms with Crippen LogP contribution in [-0.4, -0.2) is 28.8 Å². The Morgan fingerprint density at radius 2 is 1.32 bits per heavy atom. The molecule has 0 saturated carbocycles. The molecule has 0 radical (unpaired) electrons. The van der Waals surface area contributed by atoms with Gasteiger partial charge in [0.1, 0.15) is 5.84 Å². The molecule has 0 aliphatic rings. The second-order valence-electron chi connectivity index (χ2n) is 4.71. The highest BCUT2D eigenvalue weighted by Gasteiger charge is 2.09. The van der Waals surface area contributed by atoms with Gasteiger partial charge in [0, 0.05) is 11.1 Å². The summed E-state index contributed by atoms with van der Waals surface area (Å²) in [5.41, 5.74) is 16.4. The molecule has 25 heavy (non-hydrogen) atoms. The van der Waals surface area contributed by atoms with Crippen molar-refractivity contribution in [2.45, 2.75) is 0 Å². The number of carboxylic acids is 1. The van der Waals surface area contributed by atoms with Gasteiger partial charge >= 0.3 is 5.97 Å². The van der Waals surface area contributed by atoms with Crippen molar-refractivity contribution in [2.24, 2.45) is 17.2 Å². The lowest BCUT2D eigenvalue weighted by Gasteiger charge is -2.06. The molecule has 0 aromatic heterocycles. The average Bonchev–Trinajstić information content (AvgIpc) is 2.55. The van der Waals surface area contributed by atoms with E-state index in [4.69, 9.17) is 33.1 Å². The number of nitrogens with one attached hydrogen (secondary N) is 3. The van der Waals surface area contributed by atoms with Crippen LogP contribution in [0.1, 0.15) is 26.3 Å². The van der Waals surface area contributed by atoms with Gasteiger partial charge in [0.2, 0.25) is 5.91 Å². The zero-order valence-corrected chi connectivity index (χ0v) is 13.1. The summed E-state index contributed by atoms with van der Waals surface area (Å²) in [6.45, 7) is 0. The van der Waals surface area contributed by atoms with Crippen LogP contribution in [0.5, 0.6) is 0 Å². The fourth-order valence-corrected chi connectivity index (χ4v) is 1.86. The van der Waals surface area contributed by atoms with Crippen LogP contribution in [0.2, 0.25) is 0 Å². The number of aromatic carboxylic acids is 1. The molecule has 0 unspecified atom stereocenters. The fourth-order valence-electron chi connectivity index (χ4n) is 1.86. The molecule has 0 bridgehead atoms. The van der Waals surface area contributed by atoms with E-state index < -0.39 is 11.9 Å². The second-order valence-corrected chi connectivity index (χ2v) is 4.71. The zero-order chi connectivity index (χ0) is 19.0. The van der Waals surface area contributed by atoms with Gasteiger partial charge in [-0.1, -0.05) is 30.3 Å². The predicted octanol–water partition coefficient (Wildman–Crippen LogP) is 0.760. The topological polar surface area (TPSA) is 192 Å². The molecule has 130 valence electrons. The number of amides is 1. The molecule has 0 heterocycles. The summed E-state index contributed by atoms with van der Waals surface area (Å²) in [6, 6.07) is 12.8. The van der Waals surface area contributed by atoms with Gasteiger partial charge in [0.25, 0.3) is 0 Å². The maximum atomic E-state index is 10.8. The molecule has 0 fully saturated rings. The first kappa shape index (κ1) is 19.2. The Bertz CT molecular complexity index is 786. The number of carbonyl (C=O) groups excluding carboxylic acids is 1. The SMILES string of the molecule is N=C(N)Nc1ccccc1C(=O)O.N=C(N)c1ccccc1C(N)=O. The minimum atomic E-state index is -1.05. The Hall–Kier alpha value is -3.88. The van der Waals surface area contributed by atoms with Gasteiger partial charge in [-0.05, 0) is 18.2 Å². The minimum absolute atomic E-state index is 0.0951. The number of para-hydroxylation sites is 1. The van der Waals surface area contributed by atoms with E-state index in [0.29, 0.717) is 11.3 Å². The van der Waals surface area contributed by atoms with Crippen LogP contribution in [0.25, 0.3) is 0 Å². The Labute approximate surface area is 143 Å². The molecular weight excluding hydrogens is 324 g/mol. The summed E-state index contributed by atoms with van der Waals surface area (Å²) in [5, 5.41) is 25.2. The lowest BCUT2D eigenvalue weighted by molar-refractivity contribution is 0.0697. The number of hydrogen-bond acceptors (Lipinski definition) is 4. The summed E-state index contributed by atoms with van der Waals surface area (Å²) < 4.78 is 0. The van der Waals surface area contributed by atoms with Crippen LogP contribution < -0.4 is 22.5 Å². The smallest absolute Gasteiger partial charge is 0.337 e. The van der Waals surface area contributed by atoms with Crippen LogP contribution >= 0.6 is 0 Å². The third-order valence-electron chi connectivity index (χ3n) is 2.91. The number of carboxylic acid groups (broad SMARTS) is 1. The largest absolute Gasteiger partial charge is 0.478 e. The van der Waals surface area contributed by atoms with Gasteiger partial charge in [-0.3, -0.25) is 15.6 Å². The van der Waals surface area contributed by atoms with Crippen LogP contribution in [0.4, 0.5) is 5.69 Å². The quantitative estimate of drug-likeness (QED) is 0.316. The van der Waals surface area contributed by atoms with Crippen molar-refractivity contribution >= 4 is 29.4 Å². The number of nitrogen functional groups attached to an aromatic ring is 1. The average molecular weight is 342 g/mol. The van der Waals surface area contributed by atoms with Crippen molar-refractivity contribution in [3.63, 3.8) is 0 Å². The summed E-state index contributed by atoms with van der Waals surface area (Å²) in [6.07, 6.45) is 0. The predicted molar refractivity (Wildman–Crippen MR) is 94.9 cm³/mol. The van der Waals surface area contributed by atoms with Crippen LogP contribution in [0, 0.1) is 10.8 Å². The van der Waals surface area contributed by atoms with Crippen molar-refractivity contribution in [1.29, 1.82) is 10.8 Å². The molecule has 10 N–H and O–H groups in total. The number of benzene rings is 2. The van der Waals surface area contributed by atoms with Crippen molar-refractivity contribution < 1.29 is 14.7 Å². The Morgan fingerprint density at radius 3 is 1.72 bits per heavy atom. The van der Waals surface area contributed by atoms with E-state index in [1.165, 1.54) is 6.07 Å². The lowest BCUT2D eigenvalue weighted by Crippen LogP contribution is -2.21. The molecule has 0 saturated heterocycles. The highest BCUT2D eigenvalue weighted by atomic mass is 16.4. The van der Waals surface area contributed by atoms with Crippen molar-refractivity contribution in [3.05, 3.63) is 65.2 Å². The van der Waals surface area contributed by atoms with Crippen LogP contribution in [0.15, 0.2) is 48.5 Å². The zero-order valence-electron chi connectivity index (χ0n) is 13.1. The monoisotopic (exact) mass is 342 g/mol. The Morgan fingerprint density at radius 1 is 0.840 bits per heavy atom. The van der Waals surface area contributed by atoms with Gasteiger partial charge in [0.05, 0.1) is 11.3 Å². The van der Waals surface area contributed by atoms with E-state index in [0.717, 1.165) is 0 Å². The van der Waals surface area contributed by atoms with Gasteiger partial charge in [-0.15, -0.1) is 0 Å². The molecule has 2 aromatic carbocycles. The molecular formula is C16H18N6O3. The molecule has 2 rings (SSSR count). The van der Waals surface area contributed by atoms with Gasteiger partial charge in [-0.25, -0.2) is 4.79 Å². The molecule has 0 aliphatic heterocycles. The normalized spacial score (nSPS) is 9.28. The molecule has 0 aliphatic carbocycles. The summed E-state index contributed by atoms with van der Waals surface area (Å²) in [7, 11) is 0. The van der Waals surface area contributed by atoms with Crippen molar-refractivity contribution in [1.82, 2.24) is 0 Å². The number of guanidine groups is 1. The maximum absolute atomic E-state index is 10.8. The molecule has 1 amide bonds. The molecule has 9 nitrogen and oxygen atoms in total. The van der Waals surface area contributed by atoms with E-state index in [-0.39, 0.29) is 22.9 Å². The highest BCUT2D eigenvalue weighted by Crippen LogP contribution is 2.13. The standard InChI is InChI=1S/C8H9N3O2.C8H9N3O/c9-8(10)11-6-4-2-1-3-5(6)7(12)13;9-7(10)5-3-1-2-4-6(5)8(11)12/h1-4H,(H,12,13)(H4,9,10,11);1-4H,(H3,9,10)(H2,11,12). The fraction of sp³-hybridized carbons (Fsp3) is 0. The number of anilines is 1.